The van der Waals surface area contributed by atoms with E-state index in [-0.39, 0.29) is 17.4 Å². The van der Waals surface area contributed by atoms with Crippen molar-refractivity contribution in [1.82, 2.24) is 9.80 Å². The summed E-state index contributed by atoms with van der Waals surface area (Å²) in [6.07, 6.45) is 1.65. The van der Waals surface area contributed by atoms with Gasteiger partial charge in [-0.1, -0.05) is 30.3 Å². The maximum atomic E-state index is 12.8. The molecule has 2 aliphatic rings. The molecule has 2 aliphatic heterocycles. The SMILES string of the molecule is O=C(CN1C(=O)S/C(=C/c2ccccc2OCc2ccc(I)cc2)C1=O)N1CCOCC1. The van der Waals surface area contributed by atoms with Crippen molar-refractivity contribution in [3.63, 3.8) is 0 Å². The monoisotopic (exact) mass is 564 g/mol. The molecule has 0 bridgehead atoms. The zero-order valence-electron chi connectivity index (χ0n) is 17.2. The van der Waals surface area contributed by atoms with Crippen LogP contribution < -0.4 is 4.74 Å². The highest BCUT2D eigenvalue weighted by atomic mass is 127. The number of carbonyl (C=O) groups is 3. The van der Waals surface area contributed by atoms with Crippen LogP contribution in [0.15, 0.2) is 53.4 Å². The van der Waals surface area contributed by atoms with Crippen LogP contribution in [0.2, 0.25) is 0 Å². The van der Waals surface area contributed by atoms with E-state index in [1.807, 2.05) is 48.5 Å². The fraction of sp³-hybridized carbons (Fsp3) is 0.261. The molecular weight excluding hydrogens is 543 g/mol. The van der Waals surface area contributed by atoms with Crippen LogP contribution in [0.3, 0.4) is 0 Å². The Labute approximate surface area is 203 Å². The number of halogens is 1. The van der Waals surface area contributed by atoms with E-state index in [2.05, 4.69) is 22.6 Å². The molecule has 9 heteroatoms. The zero-order chi connectivity index (χ0) is 22.5. The van der Waals surface area contributed by atoms with Crippen LogP contribution in [0.1, 0.15) is 11.1 Å². The van der Waals surface area contributed by atoms with Gasteiger partial charge in [0.1, 0.15) is 18.9 Å². The quantitative estimate of drug-likeness (QED) is 0.393. The third-order valence-corrected chi connectivity index (χ3v) is 6.67. The summed E-state index contributed by atoms with van der Waals surface area (Å²) in [7, 11) is 0. The first-order valence-corrected chi connectivity index (χ1v) is 12.0. The normalized spacial score (nSPS) is 17.8. The lowest BCUT2D eigenvalue weighted by atomic mass is 10.1. The largest absolute Gasteiger partial charge is 0.488 e. The summed E-state index contributed by atoms with van der Waals surface area (Å²) < 4.78 is 12.4. The molecule has 7 nitrogen and oxygen atoms in total. The molecule has 0 aliphatic carbocycles. The smallest absolute Gasteiger partial charge is 0.294 e. The molecule has 2 saturated heterocycles. The van der Waals surface area contributed by atoms with Gasteiger partial charge >= 0.3 is 0 Å². The van der Waals surface area contributed by atoms with E-state index in [0.717, 1.165) is 25.8 Å². The summed E-state index contributed by atoms with van der Waals surface area (Å²) in [6, 6.07) is 15.4. The van der Waals surface area contributed by atoms with Crippen LogP contribution >= 0.6 is 34.4 Å². The molecule has 2 aromatic carbocycles. The van der Waals surface area contributed by atoms with Crippen molar-refractivity contribution >= 4 is 57.5 Å². The number of amides is 3. The van der Waals surface area contributed by atoms with Gasteiger partial charge < -0.3 is 14.4 Å². The number of para-hydroxylation sites is 1. The molecule has 0 unspecified atom stereocenters. The number of imide groups is 1. The van der Waals surface area contributed by atoms with Crippen LogP contribution in [0.5, 0.6) is 5.75 Å². The molecule has 0 radical (unpaired) electrons. The van der Waals surface area contributed by atoms with E-state index >= 15 is 0 Å². The number of hydrogen-bond donors (Lipinski definition) is 0. The lowest BCUT2D eigenvalue weighted by molar-refractivity contribution is -0.139. The fourth-order valence-corrected chi connectivity index (χ4v) is 4.49. The lowest BCUT2D eigenvalue weighted by Gasteiger charge is -2.28. The molecule has 0 atom stereocenters. The maximum absolute atomic E-state index is 12.8. The van der Waals surface area contributed by atoms with Crippen molar-refractivity contribution in [2.24, 2.45) is 0 Å². The van der Waals surface area contributed by atoms with Crippen LogP contribution in [0, 0.1) is 3.57 Å². The van der Waals surface area contributed by atoms with Crippen LogP contribution in [0.25, 0.3) is 6.08 Å². The first-order chi connectivity index (χ1) is 15.5. The molecule has 2 fully saturated rings. The molecule has 0 N–H and O–H groups in total. The van der Waals surface area contributed by atoms with E-state index in [0.29, 0.717) is 44.2 Å². The summed E-state index contributed by atoms with van der Waals surface area (Å²) in [6.45, 7) is 2.00. The predicted molar refractivity (Wildman–Crippen MR) is 130 cm³/mol. The van der Waals surface area contributed by atoms with Gasteiger partial charge in [-0.15, -0.1) is 0 Å². The second-order valence-electron chi connectivity index (χ2n) is 7.21. The van der Waals surface area contributed by atoms with Gasteiger partial charge in [0.15, 0.2) is 0 Å². The minimum Gasteiger partial charge on any atom is -0.488 e. The maximum Gasteiger partial charge on any atom is 0.294 e. The Morgan fingerprint density at radius 1 is 1.09 bits per heavy atom. The lowest BCUT2D eigenvalue weighted by Crippen LogP contribution is -2.46. The van der Waals surface area contributed by atoms with Crippen molar-refractivity contribution < 1.29 is 23.9 Å². The highest BCUT2D eigenvalue weighted by Crippen LogP contribution is 2.34. The molecule has 166 valence electrons. The average Bonchev–Trinajstić information content (AvgIpc) is 3.07. The topological polar surface area (TPSA) is 76.2 Å². The van der Waals surface area contributed by atoms with E-state index in [1.165, 1.54) is 0 Å². The minimum absolute atomic E-state index is 0.252. The first-order valence-electron chi connectivity index (χ1n) is 10.1. The summed E-state index contributed by atoms with van der Waals surface area (Å²) in [5.74, 6) is -0.102. The van der Waals surface area contributed by atoms with Crippen molar-refractivity contribution in [3.8, 4) is 5.75 Å². The van der Waals surface area contributed by atoms with E-state index in [4.69, 9.17) is 9.47 Å². The molecular formula is C23H21IN2O5S. The Bertz CT molecular complexity index is 1050. The summed E-state index contributed by atoms with van der Waals surface area (Å²) in [4.78, 5) is 40.6. The van der Waals surface area contributed by atoms with Gasteiger partial charge in [-0.2, -0.15) is 0 Å². The second-order valence-corrected chi connectivity index (χ2v) is 9.45. The Balaban J connectivity index is 1.45. The Kier molecular flexibility index (Phi) is 7.48. The van der Waals surface area contributed by atoms with Gasteiger partial charge in [-0.3, -0.25) is 19.3 Å². The second kappa shape index (κ2) is 10.5. The van der Waals surface area contributed by atoms with E-state index in [9.17, 15) is 14.4 Å². The number of ether oxygens (including phenoxy) is 2. The molecule has 0 saturated carbocycles. The number of benzene rings is 2. The molecule has 2 heterocycles. The zero-order valence-corrected chi connectivity index (χ0v) is 20.1. The van der Waals surface area contributed by atoms with Crippen molar-refractivity contribution in [1.29, 1.82) is 0 Å². The first kappa shape index (κ1) is 22.8. The molecule has 3 amide bonds. The molecule has 0 spiro atoms. The van der Waals surface area contributed by atoms with Crippen molar-refractivity contribution in [2.45, 2.75) is 6.61 Å². The van der Waals surface area contributed by atoms with E-state index in [1.54, 1.807) is 11.0 Å². The van der Waals surface area contributed by atoms with Gasteiger partial charge in [-0.05, 0) is 64.2 Å². The Morgan fingerprint density at radius 2 is 1.81 bits per heavy atom. The highest BCUT2D eigenvalue weighted by molar-refractivity contribution is 14.1. The predicted octanol–water partition coefficient (Wildman–Crippen LogP) is 3.77. The van der Waals surface area contributed by atoms with Gasteiger partial charge in [0.25, 0.3) is 11.1 Å². The van der Waals surface area contributed by atoms with Crippen LogP contribution in [-0.4, -0.2) is 59.7 Å². The molecule has 0 aromatic heterocycles. The molecule has 2 aromatic rings. The number of nitrogens with zero attached hydrogens (tertiary/aromatic N) is 2. The van der Waals surface area contributed by atoms with Crippen LogP contribution in [0.4, 0.5) is 4.79 Å². The fourth-order valence-electron chi connectivity index (χ4n) is 3.30. The summed E-state index contributed by atoms with van der Waals surface area (Å²) in [5, 5.41) is -0.444. The number of thioether (sulfide) groups is 1. The number of carbonyl (C=O) groups excluding carboxylic acids is 3. The van der Waals surface area contributed by atoms with Crippen molar-refractivity contribution in [3.05, 3.63) is 68.1 Å². The standard InChI is InChI=1S/C23H21IN2O5S/c24-18-7-5-16(6-8-18)15-31-19-4-2-1-3-17(19)13-20-22(28)26(23(29)32-20)14-21(27)25-9-11-30-12-10-25/h1-8,13H,9-12,14-15H2/b20-13+. The third kappa shape index (κ3) is 5.51. The minimum atomic E-state index is -0.464. The average molecular weight is 564 g/mol. The highest BCUT2D eigenvalue weighted by Gasteiger charge is 2.37. The van der Waals surface area contributed by atoms with Crippen LogP contribution in [-0.2, 0) is 20.9 Å². The third-order valence-electron chi connectivity index (χ3n) is 5.04. The molecule has 32 heavy (non-hydrogen) atoms. The summed E-state index contributed by atoms with van der Waals surface area (Å²) in [5.41, 5.74) is 1.73. The van der Waals surface area contributed by atoms with Crippen molar-refractivity contribution in [2.75, 3.05) is 32.8 Å². The Hall–Kier alpha value is -2.37. The van der Waals surface area contributed by atoms with Gasteiger partial charge in [0.05, 0.1) is 18.1 Å². The van der Waals surface area contributed by atoms with Gasteiger partial charge in [-0.25, -0.2) is 0 Å². The number of morpholine rings is 1. The van der Waals surface area contributed by atoms with Gasteiger partial charge in [0, 0.05) is 22.2 Å². The Morgan fingerprint density at radius 3 is 2.56 bits per heavy atom. The number of rotatable bonds is 6. The number of hydrogen-bond acceptors (Lipinski definition) is 6. The van der Waals surface area contributed by atoms with E-state index < -0.39 is 11.1 Å². The summed E-state index contributed by atoms with van der Waals surface area (Å²) >= 11 is 3.09. The van der Waals surface area contributed by atoms with Gasteiger partial charge in [0.2, 0.25) is 5.91 Å². The molecule has 4 rings (SSSR count).